The first-order valence-corrected chi connectivity index (χ1v) is 11.9. The number of aliphatic hydroxyl groups is 1. The fraction of sp³-hybridized carbons (Fsp3) is 0.458. The molecule has 174 valence electrons. The van der Waals surface area contributed by atoms with Crippen LogP contribution in [0.5, 0.6) is 5.75 Å². The molecule has 4 aliphatic rings. The Hall–Kier alpha value is -2.78. The molecule has 0 radical (unpaired) electrons. The molecule has 1 aromatic rings. The number of ether oxygens (including phenoxy) is 1. The molecule has 0 bridgehead atoms. The van der Waals surface area contributed by atoms with E-state index < -0.39 is 22.6 Å². The van der Waals surface area contributed by atoms with Gasteiger partial charge in [0.2, 0.25) is 11.8 Å². The van der Waals surface area contributed by atoms with Crippen molar-refractivity contribution < 1.29 is 24.2 Å². The number of carbonyl (C=O) groups is 3. The number of carbonyl (C=O) groups excluding carboxylic acids is 3. The van der Waals surface area contributed by atoms with Gasteiger partial charge in [0.25, 0.3) is 5.91 Å². The summed E-state index contributed by atoms with van der Waals surface area (Å²) in [5.74, 6) is -1.02. The second-order valence-corrected chi connectivity index (χ2v) is 10.3. The Morgan fingerprint density at radius 2 is 1.85 bits per heavy atom. The summed E-state index contributed by atoms with van der Waals surface area (Å²) in [5.41, 5.74) is 0.704. The van der Waals surface area contributed by atoms with Crippen LogP contribution in [-0.2, 0) is 14.4 Å². The highest BCUT2D eigenvalue weighted by Crippen LogP contribution is 2.61. The zero-order valence-corrected chi connectivity index (χ0v) is 19.4. The van der Waals surface area contributed by atoms with E-state index >= 15 is 0 Å². The average molecular weight is 470 g/mol. The number of amides is 3. The molecule has 5 atom stereocenters. The van der Waals surface area contributed by atoms with Crippen molar-refractivity contribution in [3.63, 3.8) is 0 Å². The number of benzene rings is 1. The third kappa shape index (κ3) is 3.20. The van der Waals surface area contributed by atoms with E-state index in [1.807, 2.05) is 36.4 Å². The topological polar surface area (TPSA) is 90.4 Å². The number of rotatable bonds is 4. The molecule has 1 spiro atoms. The summed E-state index contributed by atoms with van der Waals surface area (Å²) in [5, 5.41) is 9.54. The number of hydrogen-bond donors (Lipinski definition) is 1. The lowest BCUT2D eigenvalue weighted by atomic mass is 9.78. The van der Waals surface area contributed by atoms with Crippen molar-refractivity contribution in [2.24, 2.45) is 11.8 Å². The maximum atomic E-state index is 14.0. The molecular formula is C24H27N3O5S. The Morgan fingerprint density at radius 3 is 2.55 bits per heavy atom. The average Bonchev–Trinajstić information content (AvgIpc) is 3.13. The van der Waals surface area contributed by atoms with Crippen molar-refractivity contribution in [1.29, 1.82) is 0 Å². The van der Waals surface area contributed by atoms with Gasteiger partial charge in [0.15, 0.2) is 0 Å². The summed E-state index contributed by atoms with van der Waals surface area (Å²) in [6.07, 6.45) is 7.87. The molecule has 9 heteroatoms. The van der Waals surface area contributed by atoms with Crippen LogP contribution in [0.25, 0.3) is 0 Å². The SMILES string of the molecule is COc1ccc(N2CC=C[C@]34S[C@H]5C=CCN(C)C(=O)[C@H]5[C@H]3C(=O)N(CCO)C4C2=O)cc1. The largest absolute Gasteiger partial charge is 0.497 e. The lowest BCUT2D eigenvalue weighted by Gasteiger charge is -2.35. The Kier molecular flexibility index (Phi) is 5.49. The summed E-state index contributed by atoms with van der Waals surface area (Å²) >= 11 is 1.54. The second-order valence-electron chi connectivity index (χ2n) is 8.79. The van der Waals surface area contributed by atoms with Gasteiger partial charge in [-0.25, -0.2) is 0 Å². The van der Waals surface area contributed by atoms with Crippen LogP contribution < -0.4 is 9.64 Å². The van der Waals surface area contributed by atoms with Crippen molar-refractivity contribution >= 4 is 35.2 Å². The van der Waals surface area contributed by atoms with E-state index in [4.69, 9.17) is 4.74 Å². The van der Waals surface area contributed by atoms with E-state index in [9.17, 15) is 19.5 Å². The molecule has 0 aliphatic carbocycles. The maximum absolute atomic E-state index is 14.0. The molecule has 5 rings (SSSR count). The first-order chi connectivity index (χ1) is 15.9. The van der Waals surface area contributed by atoms with E-state index in [0.717, 1.165) is 0 Å². The standard InChI is InChI=1S/C24H27N3O5S/c1-25-11-3-5-17-18(21(25)29)19-22(30)27(13-14-28)20-23(31)26(12-4-10-24(19,20)33-17)15-6-8-16(32-2)9-7-15/h3-10,17-20,28H,11-14H2,1-2H3/t17-,18+,19-,20?,24-/m0/s1. The summed E-state index contributed by atoms with van der Waals surface area (Å²) in [6, 6.07) is 6.43. The quantitative estimate of drug-likeness (QED) is 0.660. The molecular weight excluding hydrogens is 442 g/mol. The number of β-amino-alcohol motifs (C(OH)–C–C–N with tert-alkyl or cyclic N) is 1. The van der Waals surface area contributed by atoms with Crippen molar-refractivity contribution in [2.45, 2.75) is 16.0 Å². The van der Waals surface area contributed by atoms with Crippen LogP contribution in [0.3, 0.4) is 0 Å². The van der Waals surface area contributed by atoms with Crippen LogP contribution in [-0.4, -0.2) is 89.1 Å². The van der Waals surface area contributed by atoms with Gasteiger partial charge in [0.1, 0.15) is 11.8 Å². The lowest BCUT2D eigenvalue weighted by Crippen LogP contribution is -2.53. The number of fused-ring (bicyclic) bond motifs is 2. The highest BCUT2D eigenvalue weighted by Gasteiger charge is 2.70. The molecule has 8 nitrogen and oxygen atoms in total. The smallest absolute Gasteiger partial charge is 0.251 e. The number of nitrogens with zero attached hydrogens (tertiary/aromatic N) is 3. The minimum Gasteiger partial charge on any atom is -0.497 e. The minimum atomic E-state index is -0.863. The zero-order chi connectivity index (χ0) is 23.3. The zero-order valence-electron chi connectivity index (χ0n) is 18.6. The monoisotopic (exact) mass is 469 g/mol. The highest BCUT2D eigenvalue weighted by atomic mass is 32.2. The molecule has 1 N–H and O–H groups in total. The van der Waals surface area contributed by atoms with Crippen molar-refractivity contribution in [3.05, 3.63) is 48.6 Å². The van der Waals surface area contributed by atoms with Crippen molar-refractivity contribution in [2.75, 3.05) is 45.3 Å². The van der Waals surface area contributed by atoms with Gasteiger partial charge in [0.05, 0.1) is 30.3 Å². The van der Waals surface area contributed by atoms with Gasteiger partial charge < -0.3 is 24.5 Å². The van der Waals surface area contributed by atoms with Crippen LogP contribution in [0.2, 0.25) is 0 Å². The van der Waals surface area contributed by atoms with Crippen LogP contribution >= 0.6 is 11.8 Å². The Labute approximate surface area is 196 Å². The molecule has 3 amide bonds. The molecule has 33 heavy (non-hydrogen) atoms. The third-order valence-corrected chi connectivity index (χ3v) is 8.83. The van der Waals surface area contributed by atoms with Crippen LogP contribution in [0.15, 0.2) is 48.6 Å². The molecule has 4 aliphatic heterocycles. The van der Waals surface area contributed by atoms with Gasteiger partial charge in [-0.2, -0.15) is 0 Å². The number of aliphatic hydroxyl groups excluding tert-OH is 1. The number of likely N-dealkylation sites (tertiary alicyclic amines) is 1. The molecule has 1 aromatic carbocycles. The number of likely N-dealkylation sites (N-methyl/N-ethyl adjacent to an activating group) is 1. The fourth-order valence-corrected chi connectivity index (χ4v) is 7.61. The summed E-state index contributed by atoms with van der Waals surface area (Å²) in [4.78, 5) is 45.8. The summed E-state index contributed by atoms with van der Waals surface area (Å²) in [6.45, 7) is 0.660. The Morgan fingerprint density at radius 1 is 1.09 bits per heavy atom. The van der Waals surface area contributed by atoms with Gasteiger partial charge in [-0.3, -0.25) is 14.4 Å². The Bertz CT molecular complexity index is 1040. The highest BCUT2D eigenvalue weighted by molar-refractivity contribution is 8.02. The van der Waals surface area contributed by atoms with E-state index in [-0.39, 0.29) is 36.1 Å². The van der Waals surface area contributed by atoms with Gasteiger partial charge in [-0.15, -0.1) is 11.8 Å². The van der Waals surface area contributed by atoms with E-state index in [1.165, 1.54) is 16.7 Å². The van der Waals surface area contributed by atoms with Crippen LogP contribution in [0.4, 0.5) is 5.69 Å². The van der Waals surface area contributed by atoms with Gasteiger partial charge in [-0.1, -0.05) is 24.3 Å². The van der Waals surface area contributed by atoms with E-state index in [2.05, 4.69) is 0 Å². The van der Waals surface area contributed by atoms with Crippen molar-refractivity contribution in [3.8, 4) is 5.75 Å². The first kappa shape index (κ1) is 22.0. The third-order valence-electron chi connectivity index (χ3n) is 7.09. The summed E-state index contributed by atoms with van der Waals surface area (Å²) < 4.78 is 4.37. The molecule has 0 aromatic heterocycles. The molecule has 1 unspecified atom stereocenters. The number of anilines is 1. The minimum absolute atomic E-state index is 0.0512. The summed E-state index contributed by atoms with van der Waals surface area (Å²) in [7, 11) is 3.33. The van der Waals surface area contributed by atoms with Gasteiger partial charge in [0, 0.05) is 37.6 Å². The molecule has 0 saturated carbocycles. The Balaban J connectivity index is 1.59. The van der Waals surface area contributed by atoms with Crippen LogP contribution in [0, 0.1) is 11.8 Å². The maximum Gasteiger partial charge on any atom is 0.251 e. The number of thioether (sulfide) groups is 1. The van der Waals surface area contributed by atoms with Gasteiger partial charge >= 0.3 is 0 Å². The van der Waals surface area contributed by atoms with Crippen LogP contribution in [0.1, 0.15) is 0 Å². The number of hydrogen-bond acceptors (Lipinski definition) is 6. The van der Waals surface area contributed by atoms with Gasteiger partial charge in [-0.05, 0) is 24.3 Å². The predicted octanol–water partition coefficient (Wildman–Crippen LogP) is 0.916. The van der Waals surface area contributed by atoms with Crippen molar-refractivity contribution in [1.82, 2.24) is 9.80 Å². The number of methoxy groups -OCH3 is 1. The molecule has 2 fully saturated rings. The second kappa shape index (κ2) is 8.22. The molecule has 2 saturated heterocycles. The van der Waals surface area contributed by atoms with E-state index in [0.29, 0.717) is 24.5 Å². The lowest BCUT2D eigenvalue weighted by molar-refractivity contribution is -0.142. The van der Waals surface area contributed by atoms with E-state index in [1.54, 1.807) is 36.1 Å². The first-order valence-electron chi connectivity index (χ1n) is 11.1. The fourth-order valence-electron chi connectivity index (χ4n) is 5.60. The molecule has 4 heterocycles. The predicted molar refractivity (Wildman–Crippen MR) is 125 cm³/mol. The normalized spacial score (nSPS) is 33.1.